The number of hydrogen-bond acceptors (Lipinski definition) is 4. The van der Waals surface area contributed by atoms with E-state index in [1.807, 2.05) is 0 Å². The van der Waals surface area contributed by atoms with Crippen molar-refractivity contribution in [2.24, 2.45) is 0 Å². The Morgan fingerprint density at radius 2 is 1.50 bits per heavy atom. The number of halogens is 1. The topological polar surface area (TPSA) is 109 Å². The second-order valence-electron chi connectivity index (χ2n) is 2.29. The van der Waals surface area contributed by atoms with Gasteiger partial charge in [-0.2, -0.15) is 16.8 Å². The van der Waals surface area contributed by atoms with E-state index in [4.69, 9.17) is 20.7 Å². The fourth-order valence-electron chi connectivity index (χ4n) is 0.695. The smallest absolute Gasteiger partial charge is 1.00 e. The van der Waals surface area contributed by atoms with Gasteiger partial charge >= 0.3 is 29.6 Å². The third-order valence-electron chi connectivity index (χ3n) is 1.24. The van der Waals surface area contributed by atoms with Gasteiger partial charge in [0.15, 0.2) is 0 Å². The normalized spacial score (nSPS) is 12.6. The Kier molecular flexibility index (Phi) is 8.30. The summed E-state index contributed by atoms with van der Waals surface area (Å²) in [7, 11) is -9.58. The Balaban J connectivity index is -0.000000720. The summed E-state index contributed by atoms with van der Waals surface area (Å²) in [6, 6.07) is 0. The van der Waals surface area contributed by atoms with Crippen LogP contribution in [0.4, 0.5) is 0 Å². The Morgan fingerprint density at radius 1 is 1.14 bits per heavy atom. The van der Waals surface area contributed by atoms with Crippen LogP contribution < -0.4 is 29.6 Å². The van der Waals surface area contributed by atoms with Crippen LogP contribution in [-0.2, 0) is 20.2 Å². The molecule has 0 unspecified atom stereocenters. The minimum atomic E-state index is -4.79. The van der Waals surface area contributed by atoms with Crippen LogP contribution >= 0.6 is 11.6 Å². The summed E-state index contributed by atoms with van der Waals surface area (Å²) in [5.41, 5.74) is 0. The molecule has 0 rings (SSSR count). The molecule has 0 aromatic rings. The van der Waals surface area contributed by atoms with Crippen LogP contribution in [0.5, 0.6) is 0 Å². The first-order valence-corrected chi connectivity index (χ1v) is 6.72. The van der Waals surface area contributed by atoms with Crippen molar-refractivity contribution < 1.29 is 56.9 Å². The second-order valence-corrected chi connectivity index (χ2v) is 6.17. The molecule has 0 saturated heterocycles. The van der Waals surface area contributed by atoms with Crippen LogP contribution in [0.15, 0.2) is 0 Å². The first-order chi connectivity index (χ1) is 5.69. The molecule has 0 radical (unpaired) electrons. The zero-order chi connectivity index (χ0) is 10.7. The molecule has 0 amide bonds. The maximum absolute atomic E-state index is 10.5. The number of rotatable bonds is 5. The van der Waals surface area contributed by atoms with Gasteiger partial charge in [0.2, 0.25) is 4.58 Å². The van der Waals surface area contributed by atoms with Crippen molar-refractivity contribution >= 4 is 31.8 Å². The van der Waals surface area contributed by atoms with Crippen molar-refractivity contribution in [1.29, 1.82) is 0 Å². The minimum absolute atomic E-state index is 0. The molecule has 0 aliphatic carbocycles. The SMILES string of the molecule is O=S(=O)(O)C(CCCCl)S(=O)(=O)O.[H-].[Na+]. The predicted molar refractivity (Wildman–Crippen MR) is 48.0 cm³/mol. The molecule has 0 atom stereocenters. The second kappa shape index (κ2) is 6.64. The summed E-state index contributed by atoms with van der Waals surface area (Å²) >= 11 is 5.19. The van der Waals surface area contributed by atoms with Crippen LogP contribution in [-0.4, -0.2) is 36.4 Å². The Morgan fingerprint density at radius 3 is 1.71 bits per heavy atom. The molecule has 6 nitrogen and oxygen atoms in total. The Labute approximate surface area is 111 Å². The zero-order valence-corrected chi connectivity index (χ0v) is 11.8. The van der Waals surface area contributed by atoms with E-state index < -0.39 is 31.2 Å². The van der Waals surface area contributed by atoms with Gasteiger partial charge in [0, 0.05) is 5.88 Å². The van der Waals surface area contributed by atoms with Crippen molar-refractivity contribution in [1.82, 2.24) is 0 Å². The van der Waals surface area contributed by atoms with Gasteiger partial charge in [-0.1, -0.05) is 0 Å². The van der Waals surface area contributed by atoms with E-state index in [0.717, 1.165) is 0 Å². The Hall–Kier alpha value is 1.11. The third kappa shape index (κ3) is 6.57. The molecule has 10 heteroatoms. The van der Waals surface area contributed by atoms with E-state index in [2.05, 4.69) is 0 Å². The van der Waals surface area contributed by atoms with Crippen LogP contribution in [0, 0.1) is 0 Å². The molecule has 0 aromatic heterocycles. The van der Waals surface area contributed by atoms with E-state index in [1.54, 1.807) is 0 Å². The van der Waals surface area contributed by atoms with E-state index >= 15 is 0 Å². The molecule has 0 aliphatic rings. The summed E-state index contributed by atoms with van der Waals surface area (Å²) in [6.07, 6.45) is -0.368. The van der Waals surface area contributed by atoms with Gasteiger partial charge in [0.1, 0.15) is 0 Å². The van der Waals surface area contributed by atoms with Crippen molar-refractivity contribution in [2.45, 2.75) is 17.4 Å². The zero-order valence-electron chi connectivity index (χ0n) is 8.42. The summed E-state index contributed by atoms with van der Waals surface area (Å²) < 4.78 is 56.5. The Bertz CT molecular complexity index is 321. The number of alkyl halides is 1. The maximum atomic E-state index is 10.5. The molecular weight excluding hydrogens is 267 g/mol. The molecule has 0 bridgehead atoms. The first-order valence-electron chi connectivity index (χ1n) is 3.18. The van der Waals surface area contributed by atoms with Crippen molar-refractivity contribution in [3.8, 4) is 0 Å². The van der Waals surface area contributed by atoms with E-state index in [-0.39, 0.29) is 43.3 Å². The molecule has 0 aromatic carbocycles. The van der Waals surface area contributed by atoms with Crippen LogP contribution in [0.3, 0.4) is 0 Å². The first kappa shape index (κ1) is 17.5. The van der Waals surface area contributed by atoms with E-state index in [1.165, 1.54) is 0 Å². The van der Waals surface area contributed by atoms with E-state index in [0.29, 0.717) is 0 Å². The average Bonchev–Trinajstić information content (AvgIpc) is 1.81. The van der Waals surface area contributed by atoms with Gasteiger partial charge in [-0.3, -0.25) is 9.11 Å². The van der Waals surface area contributed by atoms with Crippen molar-refractivity contribution in [2.75, 3.05) is 5.88 Å². The van der Waals surface area contributed by atoms with Crippen LogP contribution in [0.25, 0.3) is 0 Å². The standard InChI is InChI=1S/C4H9ClO6S2.Na.H/c5-3-1-2-4(12(6,7)8)13(9,10)11;;/h4H,1-3H2,(H,6,7,8)(H,9,10,11);;/q;+1;-1. The molecule has 82 valence electrons. The van der Waals surface area contributed by atoms with Crippen molar-refractivity contribution in [3.05, 3.63) is 0 Å². The summed E-state index contributed by atoms with van der Waals surface area (Å²) in [6.45, 7) is 0. The fraction of sp³-hybridized carbons (Fsp3) is 1.00. The molecule has 0 saturated carbocycles. The van der Waals surface area contributed by atoms with Crippen molar-refractivity contribution in [3.63, 3.8) is 0 Å². The molecule has 0 fully saturated rings. The van der Waals surface area contributed by atoms with Gasteiger partial charge in [-0.25, -0.2) is 0 Å². The fourth-order valence-corrected chi connectivity index (χ4v) is 3.01. The van der Waals surface area contributed by atoms with Crippen LogP contribution in [0.1, 0.15) is 14.3 Å². The third-order valence-corrected chi connectivity index (χ3v) is 4.76. The van der Waals surface area contributed by atoms with Gasteiger partial charge in [0.25, 0.3) is 20.2 Å². The summed E-state index contributed by atoms with van der Waals surface area (Å²) in [5, 5.41) is 0. The molecule has 0 heterocycles. The summed E-state index contributed by atoms with van der Waals surface area (Å²) in [4.78, 5) is 0. The molecule has 0 spiro atoms. The van der Waals surface area contributed by atoms with E-state index in [9.17, 15) is 16.8 Å². The average molecular weight is 277 g/mol. The monoisotopic (exact) mass is 276 g/mol. The van der Waals surface area contributed by atoms with Gasteiger partial charge in [-0.15, -0.1) is 11.6 Å². The molecule has 14 heavy (non-hydrogen) atoms. The maximum Gasteiger partial charge on any atom is 1.00 e. The van der Waals surface area contributed by atoms with Crippen LogP contribution in [0.2, 0.25) is 0 Å². The predicted octanol–water partition coefficient (Wildman–Crippen LogP) is -2.78. The largest absolute Gasteiger partial charge is 1.00 e. The number of hydrogen-bond donors (Lipinski definition) is 2. The quantitative estimate of drug-likeness (QED) is 0.319. The van der Waals surface area contributed by atoms with Gasteiger partial charge < -0.3 is 1.43 Å². The molecule has 0 aliphatic heterocycles. The van der Waals surface area contributed by atoms with Gasteiger partial charge in [-0.05, 0) is 12.8 Å². The minimum Gasteiger partial charge on any atom is -1.00 e. The molecule has 2 N–H and O–H groups in total. The molecular formula is C4H10ClNaO6S2. The van der Waals surface area contributed by atoms with Gasteiger partial charge in [0.05, 0.1) is 0 Å². The summed E-state index contributed by atoms with van der Waals surface area (Å²) in [5.74, 6) is 0.0432.